The summed E-state index contributed by atoms with van der Waals surface area (Å²) in [5.74, 6) is 0.0587. The van der Waals surface area contributed by atoms with Crippen molar-refractivity contribution in [1.82, 2.24) is 5.32 Å². The predicted octanol–water partition coefficient (Wildman–Crippen LogP) is -0.176. The van der Waals surface area contributed by atoms with Crippen LogP contribution in [0.1, 0.15) is 25.7 Å². The average Bonchev–Trinajstić information content (AvgIpc) is 2.39. The van der Waals surface area contributed by atoms with Gasteiger partial charge in [0.2, 0.25) is 10.0 Å². The third-order valence-electron chi connectivity index (χ3n) is 2.49. The Morgan fingerprint density at radius 3 is 2.87 bits per heavy atom. The Morgan fingerprint density at radius 2 is 2.13 bits per heavy atom. The Bertz CT molecular complexity index is 259. The molecule has 0 radical (unpaired) electrons. The molecule has 1 unspecified atom stereocenters. The minimum absolute atomic E-state index is 0.0587. The van der Waals surface area contributed by atoms with Crippen molar-refractivity contribution in [3.8, 4) is 0 Å². The summed E-state index contributed by atoms with van der Waals surface area (Å²) >= 11 is 0. The molecule has 1 saturated heterocycles. The fourth-order valence-corrected chi connectivity index (χ4v) is 2.23. The van der Waals surface area contributed by atoms with Gasteiger partial charge in [-0.05, 0) is 32.2 Å². The van der Waals surface area contributed by atoms with Gasteiger partial charge in [0.15, 0.2) is 0 Å². The lowest BCUT2D eigenvalue weighted by Crippen LogP contribution is -2.31. The quantitative estimate of drug-likeness (QED) is 0.649. The number of hydrogen-bond donors (Lipinski definition) is 2. The SMILES string of the molecule is NS(=O)(=O)CCCNC1CCCOCC1. The van der Waals surface area contributed by atoms with Crippen molar-refractivity contribution in [2.45, 2.75) is 31.7 Å². The lowest BCUT2D eigenvalue weighted by molar-refractivity contribution is 0.142. The zero-order valence-corrected chi connectivity index (χ0v) is 9.76. The van der Waals surface area contributed by atoms with Crippen LogP contribution in [0.2, 0.25) is 0 Å². The number of primary sulfonamides is 1. The molecule has 1 heterocycles. The number of ether oxygens (including phenoxy) is 1. The molecule has 0 amide bonds. The molecule has 0 spiro atoms. The maximum Gasteiger partial charge on any atom is 0.209 e. The summed E-state index contributed by atoms with van der Waals surface area (Å²) < 4.78 is 26.7. The first kappa shape index (κ1) is 12.9. The maximum atomic E-state index is 10.7. The monoisotopic (exact) mass is 236 g/mol. The molecule has 0 bridgehead atoms. The van der Waals surface area contributed by atoms with Crippen molar-refractivity contribution >= 4 is 10.0 Å². The molecule has 5 nitrogen and oxygen atoms in total. The van der Waals surface area contributed by atoms with Gasteiger partial charge in [-0.2, -0.15) is 0 Å². The van der Waals surface area contributed by atoms with Crippen LogP contribution in [0, 0.1) is 0 Å². The summed E-state index contributed by atoms with van der Waals surface area (Å²) in [7, 11) is -3.30. The molecule has 1 fully saturated rings. The van der Waals surface area contributed by atoms with Gasteiger partial charge in [-0.15, -0.1) is 0 Å². The third-order valence-corrected chi connectivity index (χ3v) is 3.35. The molecule has 3 N–H and O–H groups in total. The first-order valence-electron chi connectivity index (χ1n) is 5.39. The van der Waals surface area contributed by atoms with Gasteiger partial charge in [0.25, 0.3) is 0 Å². The lowest BCUT2D eigenvalue weighted by Gasteiger charge is -2.14. The molecule has 90 valence electrons. The summed E-state index contributed by atoms with van der Waals surface area (Å²) in [5, 5.41) is 8.24. The van der Waals surface area contributed by atoms with Crippen molar-refractivity contribution in [3.63, 3.8) is 0 Å². The van der Waals surface area contributed by atoms with Gasteiger partial charge < -0.3 is 10.1 Å². The molecule has 6 heteroatoms. The topological polar surface area (TPSA) is 81.4 Å². The molecular weight excluding hydrogens is 216 g/mol. The van der Waals surface area contributed by atoms with E-state index in [1.165, 1.54) is 0 Å². The molecular formula is C9H20N2O3S. The highest BCUT2D eigenvalue weighted by atomic mass is 32.2. The second kappa shape index (κ2) is 6.42. The Hall–Kier alpha value is -0.170. The Kier molecular flexibility index (Phi) is 5.52. The van der Waals surface area contributed by atoms with E-state index in [0.717, 1.165) is 32.5 Å². The highest BCUT2D eigenvalue weighted by Gasteiger charge is 2.11. The molecule has 15 heavy (non-hydrogen) atoms. The molecule has 0 aromatic rings. The van der Waals surface area contributed by atoms with Crippen molar-refractivity contribution in [3.05, 3.63) is 0 Å². The third kappa shape index (κ3) is 6.83. The van der Waals surface area contributed by atoms with Crippen LogP contribution in [-0.4, -0.2) is 40.0 Å². The van der Waals surface area contributed by atoms with Crippen LogP contribution in [0.3, 0.4) is 0 Å². The number of nitrogens with two attached hydrogens (primary N) is 1. The van der Waals surface area contributed by atoms with Gasteiger partial charge in [-0.1, -0.05) is 0 Å². The Morgan fingerprint density at radius 1 is 1.33 bits per heavy atom. The van der Waals surface area contributed by atoms with Gasteiger partial charge in [-0.25, -0.2) is 13.6 Å². The Balaban J connectivity index is 2.08. The normalized spacial score (nSPS) is 23.7. The van der Waals surface area contributed by atoms with E-state index in [4.69, 9.17) is 9.88 Å². The van der Waals surface area contributed by atoms with Crippen LogP contribution in [-0.2, 0) is 14.8 Å². The van der Waals surface area contributed by atoms with Gasteiger partial charge in [0.05, 0.1) is 5.75 Å². The van der Waals surface area contributed by atoms with E-state index in [1.54, 1.807) is 0 Å². The number of hydrogen-bond acceptors (Lipinski definition) is 4. The molecule has 1 aliphatic heterocycles. The molecule has 1 rings (SSSR count). The van der Waals surface area contributed by atoms with Crippen LogP contribution in [0.4, 0.5) is 0 Å². The summed E-state index contributed by atoms with van der Waals surface area (Å²) in [6, 6.07) is 0.466. The number of rotatable bonds is 5. The summed E-state index contributed by atoms with van der Waals surface area (Å²) in [6.45, 7) is 2.35. The average molecular weight is 236 g/mol. The van der Waals surface area contributed by atoms with Crippen LogP contribution < -0.4 is 10.5 Å². The standard InChI is InChI=1S/C9H20N2O3S/c10-15(12,13)8-2-5-11-9-3-1-6-14-7-4-9/h9,11H,1-8H2,(H2,10,12,13). The molecule has 1 aliphatic rings. The van der Waals surface area contributed by atoms with E-state index >= 15 is 0 Å². The van der Waals surface area contributed by atoms with Crippen LogP contribution in [0.25, 0.3) is 0 Å². The van der Waals surface area contributed by atoms with Gasteiger partial charge in [0.1, 0.15) is 0 Å². The van der Waals surface area contributed by atoms with E-state index in [9.17, 15) is 8.42 Å². The van der Waals surface area contributed by atoms with E-state index in [1.807, 2.05) is 0 Å². The first-order chi connectivity index (χ1) is 7.08. The van der Waals surface area contributed by atoms with Crippen LogP contribution in [0.15, 0.2) is 0 Å². The number of nitrogens with one attached hydrogen (secondary N) is 1. The Labute approximate surface area is 91.4 Å². The molecule has 0 aliphatic carbocycles. The van der Waals surface area contributed by atoms with E-state index in [-0.39, 0.29) is 5.75 Å². The van der Waals surface area contributed by atoms with Crippen molar-refractivity contribution in [2.75, 3.05) is 25.5 Å². The first-order valence-corrected chi connectivity index (χ1v) is 7.11. The highest BCUT2D eigenvalue weighted by Crippen LogP contribution is 2.07. The molecule has 0 saturated carbocycles. The summed E-state index contributed by atoms with van der Waals surface area (Å²) in [5.41, 5.74) is 0. The van der Waals surface area contributed by atoms with E-state index in [2.05, 4.69) is 5.32 Å². The number of sulfonamides is 1. The maximum absolute atomic E-state index is 10.7. The lowest BCUT2D eigenvalue weighted by atomic mass is 10.1. The van der Waals surface area contributed by atoms with Gasteiger partial charge in [0, 0.05) is 19.3 Å². The second-order valence-electron chi connectivity index (χ2n) is 3.91. The summed E-state index contributed by atoms with van der Waals surface area (Å²) in [6.07, 6.45) is 3.77. The molecule has 1 atom stereocenters. The largest absolute Gasteiger partial charge is 0.381 e. The van der Waals surface area contributed by atoms with E-state index in [0.29, 0.717) is 19.0 Å². The predicted molar refractivity (Wildman–Crippen MR) is 59.1 cm³/mol. The molecule has 0 aromatic heterocycles. The zero-order valence-electron chi connectivity index (χ0n) is 8.94. The highest BCUT2D eigenvalue weighted by molar-refractivity contribution is 7.89. The van der Waals surface area contributed by atoms with E-state index < -0.39 is 10.0 Å². The molecule has 0 aromatic carbocycles. The van der Waals surface area contributed by atoms with Crippen molar-refractivity contribution < 1.29 is 13.2 Å². The van der Waals surface area contributed by atoms with Crippen molar-refractivity contribution in [2.24, 2.45) is 5.14 Å². The minimum atomic E-state index is -3.30. The van der Waals surface area contributed by atoms with Crippen molar-refractivity contribution in [1.29, 1.82) is 0 Å². The zero-order chi connectivity index (χ0) is 11.1. The van der Waals surface area contributed by atoms with Gasteiger partial charge in [-0.3, -0.25) is 0 Å². The second-order valence-corrected chi connectivity index (χ2v) is 5.65. The van der Waals surface area contributed by atoms with Crippen LogP contribution in [0.5, 0.6) is 0 Å². The fraction of sp³-hybridized carbons (Fsp3) is 1.00. The van der Waals surface area contributed by atoms with Crippen LogP contribution >= 0.6 is 0 Å². The fourth-order valence-electron chi connectivity index (χ4n) is 1.69. The smallest absolute Gasteiger partial charge is 0.209 e. The van der Waals surface area contributed by atoms with Gasteiger partial charge >= 0.3 is 0 Å². The minimum Gasteiger partial charge on any atom is -0.381 e. The summed E-state index contributed by atoms with van der Waals surface area (Å²) in [4.78, 5) is 0.